The highest BCUT2D eigenvalue weighted by molar-refractivity contribution is 7.88. The molecule has 134 valence electrons. The fourth-order valence-corrected chi connectivity index (χ4v) is 4.61. The lowest BCUT2D eigenvalue weighted by Gasteiger charge is -2.42. The molecular weight excluding hydrogens is 328 g/mol. The van der Waals surface area contributed by atoms with Crippen LogP contribution in [0.25, 0.3) is 0 Å². The number of amides is 1. The Morgan fingerprint density at radius 2 is 1.96 bits per heavy atom. The van der Waals surface area contributed by atoms with Gasteiger partial charge in [-0.2, -0.15) is 4.31 Å². The fraction of sp³-hybridized carbons (Fsp3) is 0.929. The molecule has 0 radical (unpaired) electrons. The van der Waals surface area contributed by atoms with E-state index in [1.54, 1.807) is 9.80 Å². The van der Waals surface area contributed by atoms with Crippen LogP contribution in [0.4, 0.5) is 8.78 Å². The van der Waals surface area contributed by atoms with Gasteiger partial charge in [0.2, 0.25) is 15.9 Å². The SMILES string of the molecule is CC[C@H]1CN(C(=O)[C@@H]2CCCN2S(C)(=O)=O)CCN1CC(F)F. The lowest BCUT2D eigenvalue weighted by Crippen LogP contribution is -2.58. The van der Waals surface area contributed by atoms with Crippen molar-refractivity contribution in [2.45, 2.75) is 44.7 Å². The summed E-state index contributed by atoms with van der Waals surface area (Å²) < 4.78 is 50.1. The molecule has 0 aromatic heterocycles. The van der Waals surface area contributed by atoms with Crippen LogP contribution in [0, 0.1) is 0 Å². The molecule has 0 bridgehead atoms. The third kappa shape index (κ3) is 4.39. The van der Waals surface area contributed by atoms with Crippen LogP contribution in [0.5, 0.6) is 0 Å². The van der Waals surface area contributed by atoms with Crippen LogP contribution in [0.15, 0.2) is 0 Å². The standard InChI is InChI=1S/C14H25F2N3O3S/c1-3-11-9-18(8-7-17(11)10-13(15)16)14(20)12-5-4-6-19(12)23(2,21)22/h11-13H,3-10H2,1-2H3/t11-,12-/m0/s1. The monoisotopic (exact) mass is 353 g/mol. The number of piperazine rings is 1. The Bertz CT molecular complexity index is 529. The van der Waals surface area contributed by atoms with Gasteiger partial charge in [0.1, 0.15) is 6.04 Å². The number of rotatable bonds is 5. The summed E-state index contributed by atoms with van der Waals surface area (Å²) in [5.74, 6) is -0.192. The minimum absolute atomic E-state index is 0.102. The van der Waals surface area contributed by atoms with Crippen molar-refractivity contribution in [2.75, 3.05) is 39.0 Å². The zero-order valence-corrected chi connectivity index (χ0v) is 14.4. The Morgan fingerprint density at radius 3 is 2.52 bits per heavy atom. The molecule has 0 spiro atoms. The van der Waals surface area contributed by atoms with Crippen LogP contribution in [0.2, 0.25) is 0 Å². The van der Waals surface area contributed by atoms with Crippen LogP contribution in [-0.2, 0) is 14.8 Å². The fourth-order valence-electron chi connectivity index (χ4n) is 3.49. The molecule has 0 aliphatic carbocycles. The minimum atomic E-state index is -3.40. The van der Waals surface area contributed by atoms with E-state index in [2.05, 4.69) is 0 Å². The zero-order valence-electron chi connectivity index (χ0n) is 13.6. The van der Waals surface area contributed by atoms with Crippen molar-refractivity contribution in [1.29, 1.82) is 0 Å². The number of sulfonamides is 1. The van der Waals surface area contributed by atoms with Crippen LogP contribution in [0.1, 0.15) is 26.2 Å². The quantitative estimate of drug-likeness (QED) is 0.726. The van der Waals surface area contributed by atoms with Crippen LogP contribution in [0.3, 0.4) is 0 Å². The highest BCUT2D eigenvalue weighted by Crippen LogP contribution is 2.24. The Balaban J connectivity index is 2.04. The highest BCUT2D eigenvalue weighted by Gasteiger charge is 2.40. The Morgan fingerprint density at radius 1 is 1.26 bits per heavy atom. The molecule has 2 atom stereocenters. The summed E-state index contributed by atoms with van der Waals surface area (Å²) in [6.45, 7) is 3.17. The molecule has 2 aliphatic heterocycles. The maximum atomic E-state index is 12.7. The summed E-state index contributed by atoms with van der Waals surface area (Å²) in [5, 5.41) is 0. The lowest BCUT2D eigenvalue weighted by molar-refractivity contribution is -0.138. The average Bonchev–Trinajstić information content (AvgIpc) is 2.96. The second-order valence-corrected chi connectivity index (χ2v) is 8.20. The predicted molar refractivity (Wildman–Crippen MR) is 82.8 cm³/mol. The number of halogens is 2. The molecule has 0 saturated carbocycles. The number of carbonyl (C=O) groups is 1. The van der Waals surface area contributed by atoms with E-state index in [1.165, 1.54) is 4.31 Å². The van der Waals surface area contributed by atoms with E-state index < -0.39 is 22.5 Å². The van der Waals surface area contributed by atoms with Gasteiger partial charge in [-0.05, 0) is 19.3 Å². The van der Waals surface area contributed by atoms with Gasteiger partial charge in [-0.25, -0.2) is 17.2 Å². The van der Waals surface area contributed by atoms with Gasteiger partial charge in [-0.15, -0.1) is 0 Å². The molecule has 0 N–H and O–H groups in total. The minimum Gasteiger partial charge on any atom is -0.338 e. The number of hydrogen-bond acceptors (Lipinski definition) is 4. The smallest absolute Gasteiger partial charge is 0.251 e. The van der Waals surface area contributed by atoms with E-state index in [0.717, 1.165) is 6.26 Å². The van der Waals surface area contributed by atoms with Gasteiger partial charge < -0.3 is 4.90 Å². The summed E-state index contributed by atoms with van der Waals surface area (Å²) in [5.41, 5.74) is 0. The van der Waals surface area contributed by atoms with Gasteiger partial charge in [-0.3, -0.25) is 9.69 Å². The summed E-state index contributed by atoms with van der Waals surface area (Å²) in [6.07, 6.45) is 0.610. The van der Waals surface area contributed by atoms with Crippen molar-refractivity contribution in [1.82, 2.24) is 14.1 Å². The van der Waals surface area contributed by atoms with Crippen molar-refractivity contribution in [3.05, 3.63) is 0 Å². The number of alkyl halides is 2. The van der Waals surface area contributed by atoms with Gasteiger partial charge in [0.25, 0.3) is 6.43 Å². The van der Waals surface area contributed by atoms with E-state index in [9.17, 15) is 22.0 Å². The molecular formula is C14H25F2N3O3S. The Labute approximate surface area is 136 Å². The first kappa shape index (κ1) is 18.5. The molecule has 0 unspecified atom stereocenters. The summed E-state index contributed by atoms with van der Waals surface area (Å²) >= 11 is 0. The average molecular weight is 353 g/mol. The molecule has 0 aromatic carbocycles. The normalized spacial score (nSPS) is 27.8. The molecule has 2 saturated heterocycles. The molecule has 0 aromatic rings. The van der Waals surface area contributed by atoms with E-state index >= 15 is 0 Å². The maximum Gasteiger partial charge on any atom is 0.251 e. The summed E-state index contributed by atoms with van der Waals surface area (Å²) in [6, 6.07) is -0.737. The van der Waals surface area contributed by atoms with Crippen molar-refractivity contribution >= 4 is 15.9 Å². The predicted octanol–water partition coefficient (Wildman–Crippen LogP) is 0.598. The second kappa shape index (κ2) is 7.40. The molecule has 2 heterocycles. The van der Waals surface area contributed by atoms with Gasteiger partial charge in [0, 0.05) is 32.2 Å². The van der Waals surface area contributed by atoms with Crippen molar-refractivity contribution < 1.29 is 22.0 Å². The van der Waals surface area contributed by atoms with Crippen LogP contribution >= 0.6 is 0 Å². The Kier molecular flexibility index (Phi) is 5.96. The molecule has 2 fully saturated rings. The van der Waals surface area contributed by atoms with Gasteiger partial charge in [0.15, 0.2) is 0 Å². The largest absolute Gasteiger partial charge is 0.338 e. The lowest BCUT2D eigenvalue weighted by atomic mass is 10.1. The molecule has 2 aliphatic rings. The molecule has 2 rings (SSSR count). The van der Waals surface area contributed by atoms with Crippen molar-refractivity contribution in [3.63, 3.8) is 0 Å². The summed E-state index contributed by atoms with van der Waals surface area (Å²) in [7, 11) is -3.40. The molecule has 23 heavy (non-hydrogen) atoms. The maximum absolute atomic E-state index is 12.7. The second-order valence-electron chi connectivity index (χ2n) is 6.26. The molecule has 6 nitrogen and oxygen atoms in total. The first-order valence-corrected chi connectivity index (χ1v) is 9.86. The van der Waals surface area contributed by atoms with E-state index in [1.807, 2.05) is 6.92 Å². The summed E-state index contributed by atoms with van der Waals surface area (Å²) in [4.78, 5) is 16.1. The van der Waals surface area contributed by atoms with Crippen LogP contribution < -0.4 is 0 Å². The van der Waals surface area contributed by atoms with E-state index in [4.69, 9.17) is 0 Å². The van der Waals surface area contributed by atoms with Gasteiger partial charge >= 0.3 is 0 Å². The zero-order chi connectivity index (χ0) is 17.2. The Hall–Kier alpha value is -0.800. The van der Waals surface area contributed by atoms with Crippen LogP contribution in [-0.4, -0.2) is 85.9 Å². The first-order chi connectivity index (χ1) is 10.7. The van der Waals surface area contributed by atoms with E-state index in [-0.39, 0.29) is 18.5 Å². The third-order valence-corrected chi connectivity index (χ3v) is 5.96. The first-order valence-electron chi connectivity index (χ1n) is 8.01. The number of nitrogens with zero attached hydrogens (tertiary/aromatic N) is 3. The molecule has 1 amide bonds. The van der Waals surface area contributed by atoms with Gasteiger partial charge in [-0.1, -0.05) is 6.92 Å². The number of hydrogen-bond donors (Lipinski definition) is 0. The third-order valence-electron chi connectivity index (χ3n) is 4.67. The highest BCUT2D eigenvalue weighted by atomic mass is 32.2. The van der Waals surface area contributed by atoms with Crippen molar-refractivity contribution in [3.8, 4) is 0 Å². The van der Waals surface area contributed by atoms with E-state index in [0.29, 0.717) is 45.4 Å². The number of carbonyl (C=O) groups excluding carboxylic acids is 1. The van der Waals surface area contributed by atoms with Crippen molar-refractivity contribution in [2.24, 2.45) is 0 Å². The topological polar surface area (TPSA) is 60.9 Å². The van der Waals surface area contributed by atoms with Gasteiger partial charge in [0.05, 0.1) is 12.8 Å². The molecule has 9 heteroatoms.